The van der Waals surface area contributed by atoms with E-state index in [-0.39, 0.29) is 18.5 Å². The summed E-state index contributed by atoms with van der Waals surface area (Å²) in [7, 11) is 0. The predicted molar refractivity (Wildman–Crippen MR) is 356 cm³/mol. The Hall–Kier alpha value is -1.92. The van der Waals surface area contributed by atoms with Gasteiger partial charge in [-0.25, -0.2) is 0 Å². The van der Waals surface area contributed by atoms with E-state index < -0.39 is 12.1 Å². The lowest BCUT2D eigenvalue weighted by atomic mass is 10.0. The maximum absolute atomic E-state index is 12.4. The second-order valence-electron chi connectivity index (χ2n) is 25.3. The van der Waals surface area contributed by atoms with Crippen LogP contribution >= 0.6 is 0 Å². The van der Waals surface area contributed by atoms with Gasteiger partial charge in [0, 0.05) is 12.8 Å². The Bertz CT molecular complexity index is 1310. The molecule has 0 fully saturated rings. The number of aliphatic hydroxyl groups excluding tert-OH is 2. The molecule has 0 bridgehead atoms. The number of aliphatic hydroxyl groups is 2. The fourth-order valence-electron chi connectivity index (χ4n) is 11.6. The number of amides is 1. The third-order valence-electron chi connectivity index (χ3n) is 17.2. The summed E-state index contributed by atoms with van der Waals surface area (Å²) in [5.74, 6) is -0.0423. The molecular formula is C75H143NO5. The Labute approximate surface area is 506 Å². The summed E-state index contributed by atoms with van der Waals surface area (Å²) in [6.45, 7) is 4.91. The minimum Gasteiger partial charge on any atom is -0.466 e. The average Bonchev–Trinajstić information content (AvgIpc) is 3.47. The summed E-state index contributed by atoms with van der Waals surface area (Å²) >= 11 is 0. The highest BCUT2D eigenvalue weighted by molar-refractivity contribution is 5.76. The fourth-order valence-corrected chi connectivity index (χ4v) is 11.6. The van der Waals surface area contributed by atoms with E-state index in [4.69, 9.17) is 4.74 Å². The van der Waals surface area contributed by atoms with Gasteiger partial charge < -0.3 is 20.3 Å². The maximum atomic E-state index is 12.4. The first kappa shape index (κ1) is 79.1. The van der Waals surface area contributed by atoms with Gasteiger partial charge >= 0.3 is 5.97 Å². The normalized spacial score (nSPS) is 12.7. The first-order valence-corrected chi connectivity index (χ1v) is 36.8. The molecule has 0 aliphatic rings. The zero-order valence-electron chi connectivity index (χ0n) is 54.8. The first-order chi connectivity index (χ1) is 40.0. The minimum absolute atomic E-state index is 0.0240. The molecule has 0 radical (unpaired) electrons. The molecule has 1 amide bonds. The highest BCUT2D eigenvalue weighted by Gasteiger charge is 2.18. The van der Waals surface area contributed by atoms with Gasteiger partial charge in [0.1, 0.15) is 0 Å². The lowest BCUT2D eigenvalue weighted by molar-refractivity contribution is -0.143. The molecule has 0 aliphatic heterocycles. The van der Waals surface area contributed by atoms with Crippen molar-refractivity contribution in [3.05, 3.63) is 36.5 Å². The quantitative estimate of drug-likeness (QED) is 0.0320. The maximum Gasteiger partial charge on any atom is 0.305 e. The number of rotatable bonds is 69. The molecule has 3 N–H and O–H groups in total. The average molecular weight is 1140 g/mol. The van der Waals surface area contributed by atoms with E-state index >= 15 is 0 Å². The largest absolute Gasteiger partial charge is 0.466 e. The molecule has 0 aromatic carbocycles. The highest BCUT2D eigenvalue weighted by Crippen LogP contribution is 2.19. The number of carbonyl (C=O) groups is 2. The van der Waals surface area contributed by atoms with Crippen molar-refractivity contribution in [3.63, 3.8) is 0 Å². The van der Waals surface area contributed by atoms with Gasteiger partial charge in [-0.1, -0.05) is 365 Å². The Morgan fingerprint density at radius 3 is 0.938 bits per heavy atom. The van der Waals surface area contributed by atoms with E-state index in [2.05, 4.69) is 43.5 Å². The van der Waals surface area contributed by atoms with E-state index in [1.165, 1.54) is 334 Å². The number of allylic oxidation sites excluding steroid dienone is 5. The number of nitrogens with one attached hydrogen (secondary N) is 1. The summed E-state index contributed by atoms with van der Waals surface area (Å²) in [6, 6.07) is -0.623. The summed E-state index contributed by atoms with van der Waals surface area (Å²) in [5, 5.41) is 23.0. The van der Waals surface area contributed by atoms with E-state index in [1.54, 1.807) is 6.08 Å². The van der Waals surface area contributed by atoms with Crippen LogP contribution in [0.1, 0.15) is 406 Å². The second kappa shape index (κ2) is 70.6. The number of unbranched alkanes of at least 4 members (excludes halogenated alkanes) is 54. The molecule has 6 heteroatoms. The van der Waals surface area contributed by atoms with Gasteiger partial charge in [-0.15, -0.1) is 0 Å². The van der Waals surface area contributed by atoms with Crippen molar-refractivity contribution in [2.45, 2.75) is 418 Å². The van der Waals surface area contributed by atoms with E-state index in [1.807, 2.05) is 6.08 Å². The van der Waals surface area contributed by atoms with Crippen LogP contribution in [0.25, 0.3) is 0 Å². The van der Waals surface area contributed by atoms with Crippen molar-refractivity contribution in [3.8, 4) is 0 Å². The lowest BCUT2D eigenvalue weighted by Crippen LogP contribution is -2.45. The second-order valence-corrected chi connectivity index (χ2v) is 25.3. The molecule has 0 aromatic rings. The first-order valence-electron chi connectivity index (χ1n) is 36.8. The van der Waals surface area contributed by atoms with E-state index in [9.17, 15) is 19.8 Å². The molecule has 0 aliphatic carbocycles. The van der Waals surface area contributed by atoms with Crippen LogP contribution in [0, 0.1) is 0 Å². The molecule has 2 unspecified atom stereocenters. The molecule has 0 saturated carbocycles. The molecule has 478 valence electrons. The highest BCUT2D eigenvalue weighted by atomic mass is 16.5. The van der Waals surface area contributed by atoms with Gasteiger partial charge in [0.25, 0.3) is 0 Å². The zero-order valence-corrected chi connectivity index (χ0v) is 54.8. The van der Waals surface area contributed by atoms with E-state index in [0.29, 0.717) is 19.4 Å². The molecule has 6 nitrogen and oxygen atoms in total. The van der Waals surface area contributed by atoms with Crippen LogP contribution in [-0.4, -0.2) is 47.4 Å². The summed E-state index contributed by atoms with van der Waals surface area (Å²) in [6.07, 6.45) is 91.3. The molecule has 81 heavy (non-hydrogen) atoms. The summed E-state index contributed by atoms with van der Waals surface area (Å²) < 4.78 is 5.51. The monoisotopic (exact) mass is 1140 g/mol. The molecule has 0 aromatic heterocycles. The molecule has 0 rings (SSSR count). The Morgan fingerprint density at radius 2 is 0.617 bits per heavy atom. The van der Waals surface area contributed by atoms with Crippen molar-refractivity contribution in [2.75, 3.05) is 13.2 Å². The Balaban J connectivity index is 3.32. The standard InChI is InChI=1S/C75H143NO5/c1-3-5-7-9-11-13-14-15-16-43-46-49-53-57-61-65-69-75(80)81-70-66-62-58-54-50-47-44-41-39-37-35-33-31-29-27-25-23-21-19-17-18-20-22-24-26-28-30-32-34-36-38-40-42-45-48-52-56-60-64-68-74(79)76-72(71-77)73(78)67-63-59-55-51-12-10-8-6-4-2/h17-18,21,23,63,67,72-73,77-78H,3-16,19-20,22,24-62,64-66,68-71H2,1-2H3,(H,76,79)/b18-17-,23-21-,67-63+. The summed E-state index contributed by atoms with van der Waals surface area (Å²) in [4.78, 5) is 24.5. The van der Waals surface area contributed by atoms with Gasteiger partial charge in [0.2, 0.25) is 5.91 Å². The van der Waals surface area contributed by atoms with Crippen LogP contribution in [0.15, 0.2) is 36.5 Å². The van der Waals surface area contributed by atoms with Crippen molar-refractivity contribution < 1.29 is 24.5 Å². The van der Waals surface area contributed by atoms with Crippen molar-refractivity contribution in [2.24, 2.45) is 0 Å². The van der Waals surface area contributed by atoms with Crippen molar-refractivity contribution in [1.82, 2.24) is 5.32 Å². The number of hydrogen-bond acceptors (Lipinski definition) is 5. The number of ether oxygens (including phenoxy) is 1. The fraction of sp³-hybridized carbons (Fsp3) is 0.893. The third kappa shape index (κ3) is 67.1. The smallest absolute Gasteiger partial charge is 0.305 e. The number of hydrogen-bond donors (Lipinski definition) is 3. The SMILES string of the molecule is CCCCCCCCC/C=C/C(O)C(CO)NC(=O)CCCCCCCCCCCCCCCCCCC/C=C\C/C=C\CCCCCCCCCCCCCCCCCOC(=O)CCCCCCCCCCCCCCCCCC. The number of esters is 1. The molecule has 2 atom stereocenters. The summed E-state index contributed by atoms with van der Waals surface area (Å²) in [5.41, 5.74) is 0. The molecule has 0 heterocycles. The Kier molecular flexibility index (Phi) is 68.9. The van der Waals surface area contributed by atoms with Crippen LogP contribution < -0.4 is 5.32 Å². The predicted octanol–water partition coefficient (Wildman–Crippen LogP) is 23.9. The van der Waals surface area contributed by atoms with Crippen LogP contribution in [-0.2, 0) is 14.3 Å². The zero-order chi connectivity index (χ0) is 58.5. The van der Waals surface area contributed by atoms with Crippen molar-refractivity contribution >= 4 is 11.9 Å². The number of carbonyl (C=O) groups excluding carboxylic acids is 2. The van der Waals surface area contributed by atoms with Crippen molar-refractivity contribution in [1.29, 1.82) is 0 Å². The van der Waals surface area contributed by atoms with Gasteiger partial charge in [-0.05, 0) is 64.2 Å². The Morgan fingerprint density at radius 1 is 0.346 bits per heavy atom. The van der Waals surface area contributed by atoms with E-state index in [0.717, 1.165) is 44.9 Å². The molecule has 0 spiro atoms. The van der Waals surface area contributed by atoms with Crippen LogP contribution in [0.2, 0.25) is 0 Å². The molecular weight excluding hydrogens is 995 g/mol. The lowest BCUT2D eigenvalue weighted by Gasteiger charge is -2.20. The molecule has 0 saturated heterocycles. The van der Waals surface area contributed by atoms with Gasteiger partial charge in [0.15, 0.2) is 0 Å². The van der Waals surface area contributed by atoms with Crippen LogP contribution in [0.4, 0.5) is 0 Å². The van der Waals surface area contributed by atoms with Crippen LogP contribution in [0.3, 0.4) is 0 Å². The third-order valence-corrected chi connectivity index (χ3v) is 17.2. The van der Waals surface area contributed by atoms with Gasteiger partial charge in [-0.3, -0.25) is 9.59 Å². The topological polar surface area (TPSA) is 95.9 Å². The van der Waals surface area contributed by atoms with Crippen LogP contribution in [0.5, 0.6) is 0 Å². The minimum atomic E-state index is -0.840. The van der Waals surface area contributed by atoms with Gasteiger partial charge in [0.05, 0.1) is 25.4 Å². The van der Waals surface area contributed by atoms with Gasteiger partial charge in [-0.2, -0.15) is 0 Å².